The van der Waals surface area contributed by atoms with Crippen LogP contribution in [0.5, 0.6) is 5.75 Å². The normalized spacial score (nSPS) is 10.4. The zero-order chi connectivity index (χ0) is 18.5. The van der Waals surface area contributed by atoms with Crippen molar-refractivity contribution in [3.05, 3.63) is 71.5 Å². The lowest BCUT2D eigenvalue weighted by atomic mass is 10.1. The minimum atomic E-state index is -0.204. The third-order valence-electron chi connectivity index (χ3n) is 4.22. The molecular weight excluding hydrogens is 326 g/mol. The van der Waals surface area contributed by atoms with Gasteiger partial charge in [-0.2, -0.15) is 0 Å². The molecule has 3 aromatic rings. The lowest BCUT2D eigenvalue weighted by molar-refractivity contribution is 0.102. The van der Waals surface area contributed by atoms with Crippen LogP contribution in [-0.4, -0.2) is 23.0 Å². The number of rotatable bonds is 5. The highest BCUT2D eigenvalue weighted by Gasteiger charge is 2.14. The maximum Gasteiger partial charge on any atom is 0.259 e. The van der Waals surface area contributed by atoms with E-state index in [2.05, 4.69) is 22.2 Å². The summed E-state index contributed by atoms with van der Waals surface area (Å²) in [5.41, 5.74) is 3.88. The van der Waals surface area contributed by atoms with Gasteiger partial charge in [0.25, 0.3) is 5.91 Å². The molecule has 0 aliphatic heterocycles. The van der Waals surface area contributed by atoms with Gasteiger partial charge in [-0.05, 0) is 49.2 Å². The average molecular weight is 347 g/mol. The Morgan fingerprint density at radius 1 is 1.12 bits per heavy atom. The van der Waals surface area contributed by atoms with Gasteiger partial charge in [0.15, 0.2) is 5.82 Å². The second-order valence-corrected chi connectivity index (χ2v) is 5.89. The van der Waals surface area contributed by atoms with Gasteiger partial charge < -0.3 is 10.1 Å². The van der Waals surface area contributed by atoms with Gasteiger partial charge in [0.2, 0.25) is 0 Å². The molecule has 2 aromatic carbocycles. The first-order valence-electron chi connectivity index (χ1n) is 8.49. The van der Waals surface area contributed by atoms with E-state index in [1.165, 1.54) is 0 Å². The molecule has 0 aliphatic carbocycles. The van der Waals surface area contributed by atoms with Crippen LogP contribution in [0, 0.1) is 6.92 Å². The topological polar surface area (TPSA) is 64.1 Å². The van der Waals surface area contributed by atoms with Crippen LogP contribution in [0.25, 0.3) is 11.4 Å². The molecule has 5 heteroatoms. The first-order chi connectivity index (χ1) is 12.6. The summed E-state index contributed by atoms with van der Waals surface area (Å²) < 4.78 is 5.16. The van der Waals surface area contributed by atoms with E-state index in [1.807, 2.05) is 55.5 Å². The number of benzene rings is 2. The number of hydrogen-bond acceptors (Lipinski definition) is 4. The fraction of sp³-hybridized carbons (Fsp3) is 0.190. The number of aromatic nitrogens is 2. The van der Waals surface area contributed by atoms with E-state index in [1.54, 1.807) is 13.3 Å². The summed E-state index contributed by atoms with van der Waals surface area (Å²) >= 11 is 0. The van der Waals surface area contributed by atoms with Crippen LogP contribution in [0.1, 0.15) is 28.5 Å². The summed E-state index contributed by atoms with van der Waals surface area (Å²) in [6.07, 6.45) is 2.42. The number of carbonyl (C=O) groups excluding carboxylic acids is 1. The van der Waals surface area contributed by atoms with Gasteiger partial charge in [0.05, 0.1) is 18.4 Å². The van der Waals surface area contributed by atoms with Gasteiger partial charge in [0.1, 0.15) is 5.75 Å². The largest absolute Gasteiger partial charge is 0.497 e. The SMILES string of the molecule is CCc1ccccc1NC(=O)c1cnc(-c2ccc(OC)cc2)nc1C. The van der Waals surface area contributed by atoms with Crippen molar-refractivity contribution in [2.45, 2.75) is 20.3 Å². The number of methoxy groups -OCH3 is 1. The maximum atomic E-state index is 12.6. The maximum absolute atomic E-state index is 12.6. The Hall–Kier alpha value is -3.21. The second kappa shape index (κ2) is 7.78. The van der Waals surface area contributed by atoms with Crippen molar-refractivity contribution in [3.63, 3.8) is 0 Å². The molecule has 0 aliphatic rings. The Kier molecular flexibility index (Phi) is 5.27. The third-order valence-corrected chi connectivity index (χ3v) is 4.22. The van der Waals surface area contributed by atoms with E-state index in [4.69, 9.17) is 4.74 Å². The molecule has 0 atom stereocenters. The Bertz CT molecular complexity index is 921. The van der Waals surface area contributed by atoms with E-state index < -0.39 is 0 Å². The average Bonchev–Trinajstić information content (AvgIpc) is 2.68. The summed E-state index contributed by atoms with van der Waals surface area (Å²) in [5.74, 6) is 1.15. The number of para-hydroxylation sites is 1. The number of nitrogens with zero attached hydrogens (tertiary/aromatic N) is 2. The van der Waals surface area contributed by atoms with Gasteiger partial charge in [-0.25, -0.2) is 9.97 Å². The Morgan fingerprint density at radius 2 is 1.85 bits per heavy atom. The number of aryl methyl sites for hydroxylation is 2. The van der Waals surface area contributed by atoms with Gasteiger partial charge in [0, 0.05) is 17.4 Å². The van der Waals surface area contributed by atoms with Crippen LogP contribution >= 0.6 is 0 Å². The predicted molar refractivity (Wildman–Crippen MR) is 103 cm³/mol. The molecule has 1 amide bonds. The highest BCUT2D eigenvalue weighted by molar-refractivity contribution is 6.05. The Balaban J connectivity index is 1.83. The van der Waals surface area contributed by atoms with Crippen LogP contribution in [-0.2, 0) is 6.42 Å². The zero-order valence-corrected chi connectivity index (χ0v) is 15.1. The molecule has 0 fully saturated rings. The van der Waals surface area contributed by atoms with Crippen molar-refractivity contribution < 1.29 is 9.53 Å². The molecule has 0 bridgehead atoms. The summed E-state index contributed by atoms with van der Waals surface area (Å²) in [5, 5.41) is 2.96. The molecule has 0 saturated heterocycles. The van der Waals surface area contributed by atoms with Crippen molar-refractivity contribution in [2.24, 2.45) is 0 Å². The lowest BCUT2D eigenvalue weighted by Gasteiger charge is -2.11. The minimum Gasteiger partial charge on any atom is -0.497 e. The molecule has 3 rings (SSSR count). The number of anilines is 1. The molecule has 0 saturated carbocycles. The van der Waals surface area contributed by atoms with Crippen LogP contribution in [0.2, 0.25) is 0 Å². The van der Waals surface area contributed by atoms with Gasteiger partial charge in [-0.3, -0.25) is 4.79 Å². The molecule has 1 N–H and O–H groups in total. The molecule has 0 radical (unpaired) electrons. The Labute approximate surface area is 153 Å². The van der Waals surface area contributed by atoms with E-state index in [0.717, 1.165) is 29.0 Å². The summed E-state index contributed by atoms with van der Waals surface area (Å²) in [6, 6.07) is 15.3. The zero-order valence-electron chi connectivity index (χ0n) is 15.1. The molecule has 1 aromatic heterocycles. The predicted octanol–water partition coefficient (Wildman–Crippen LogP) is 4.28. The van der Waals surface area contributed by atoms with E-state index in [9.17, 15) is 4.79 Å². The van der Waals surface area contributed by atoms with Crippen molar-refractivity contribution in [3.8, 4) is 17.1 Å². The molecule has 132 valence electrons. The standard InChI is InChI=1S/C21H21N3O2/c1-4-15-7-5-6-8-19(15)24-21(25)18-13-22-20(23-14(18)2)16-9-11-17(26-3)12-10-16/h5-13H,4H2,1-3H3,(H,24,25). The van der Waals surface area contributed by atoms with Crippen molar-refractivity contribution in [1.82, 2.24) is 9.97 Å². The van der Waals surface area contributed by atoms with Crippen LogP contribution in [0.3, 0.4) is 0 Å². The first-order valence-corrected chi connectivity index (χ1v) is 8.49. The van der Waals surface area contributed by atoms with Crippen LogP contribution < -0.4 is 10.1 Å². The molecular formula is C21H21N3O2. The highest BCUT2D eigenvalue weighted by atomic mass is 16.5. The quantitative estimate of drug-likeness (QED) is 0.748. The number of ether oxygens (including phenoxy) is 1. The van der Waals surface area contributed by atoms with E-state index in [0.29, 0.717) is 17.1 Å². The van der Waals surface area contributed by atoms with Gasteiger partial charge in [-0.15, -0.1) is 0 Å². The van der Waals surface area contributed by atoms with Gasteiger partial charge >= 0.3 is 0 Å². The number of carbonyl (C=O) groups is 1. The summed E-state index contributed by atoms with van der Waals surface area (Å²) in [7, 11) is 1.62. The van der Waals surface area contributed by atoms with E-state index >= 15 is 0 Å². The molecule has 1 heterocycles. The van der Waals surface area contributed by atoms with Crippen molar-refractivity contribution >= 4 is 11.6 Å². The minimum absolute atomic E-state index is 0.204. The van der Waals surface area contributed by atoms with Crippen LogP contribution in [0.4, 0.5) is 5.69 Å². The highest BCUT2D eigenvalue weighted by Crippen LogP contribution is 2.21. The monoisotopic (exact) mass is 347 g/mol. The summed E-state index contributed by atoms with van der Waals surface area (Å²) in [6.45, 7) is 3.87. The molecule has 0 unspecified atom stereocenters. The Morgan fingerprint density at radius 3 is 2.50 bits per heavy atom. The lowest BCUT2D eigenvalue weighted by Crippen LogP contribution is -2.16. The number of hydrogen-bond donors (Lipinski definition) is 1. The second-order valence-electron chi connectivity index (χ2n) is 5.89. The molecule has 5 nitrogen and oxygen atoms in total. The third kappa shape index (κ3) is 3.72. The fourth-order valence-electron chi connectivity index (χ4n) is 2.71. The van der Waals surface area contributed by atoms with Crippen molar-refractivity contribution in [2.75, 3.05) is 12.4 Å². The van der Waals surface area contributed by atoms with Crippen LogP contribution in [0.15, 0.2) is 54.7 Å². The first kappa shape index (κ1) is 17.6. The van der Waals surface area contributed by atoms with E-state index in [-0.39, 0.29) is 5.91 Å². The fourth-order valence-corrected chi connectivity index (χ4v) is 2.71. The molecule has 26 heavy (non-hydrogen) atoms. The van der Waals surface area contributed by atoms with Crippen molar-refractivity contribution in [1.29, 1.82) is 0 Å². The number of amides is 1. The molecule has 0 spiro atoms. The summed E-state index contributed by atoms with van der Waals surface area (Å²) in [4.78, 5) is 21.5. The smallest absolute Gasteiger partial charge is 0.259 e. The van der Waals surface area contributed by atoms with Gasteiger partial charge in [-0.1, -0.05) is 25.1 Å². The number of nitrogens with one attached hydrogen (secondary N) is 1.